The Morgan fingerprint density at radius 2 is 1.93 bits per heavy atom. The van der Waals surface area contributed by atoms with E-state index < -0.39 is 37.3 Å². The van der Waals surface area contributed by atoms with Crippen LogP contribution >= 0.6 is 0 Å². The first-order chi connectivity index (χ1) is 13.6. The third-order valence-electron chi connectivity index (χ3n) is 4.37. The summed E-state index contributed by atoms with van der Waals surface area (Å²) in [4.78, 5) is 39.0. The molecule has 8 nitrogen and oxygen atoms in total. The Bertz CT molecular complexity index is 724. The number of amides is 3. The maximum atomic E-state index is 12.1. The van der Waals surface area contributed by atoms with E-state index in [9.17, 15) is 27.6 Å². The number of ether oxygens (including phenoxy) is 2. The summed E-state index contributed by atoms with van der Waals surface area (Å²) in [6.45, 7) is -0.175. The lowest BCUT2D eigenvalue weighted by molar-refractivity contribution is -0.154. The van der Waals surface area contributed by atoms with Gasteiger partial charge in [-0.05, 0) is 24.8 Å². The molecular formula is C18H22F3N3O5. The molecule has 2 rings (SSSR count). The Morgan fingerprint density at radius 1 is 1.21 bits per heavy atom. The lowest BCUT2D eigenvalue weighted by atomic mass is 9.86. The molecule has 11 heteroatoms. The number of urea groups is 1. The summed E-state index contributed by atoms with van der Waals surface area (Å²) in [5.74, 6) is -1.73. The largest absolute Gasteiger partial charge is 0.468 e. The fraction of sp³-hybridized carbons (Fsp3) is 0.556. The zero-order chi connectivity index (χ0) is 21.4. The van der Waals surface area contributed by atoms with Gasteiger partial charge in [0.1, 0.15) is 0 Å². The second kappa shape index (κ2) is 10.1. The van der Waals surface area contributed by atoms with E-state index in [1.54, 1.807) is 0 Å². The highest BCUT2D eigenvalue weighted by Crippen LogP contribution is 2.23. The van der Waals surface area contributed by atoms with E-state index in [1.807, 2.05) is 6.92 Å². The molecule has 160 valence electrons. The van der Waals surface area contributed by atoms with Gasteiger partial charge in [0.05, 0.1) is 5.56 Å². The Labute approximate surface area is 165 Å². The predicted octanol–water partition coefficient (Wildman–Crippen LogP) is 2.58. The maximum Gasteiger partial charge on any atom is 0.422 e. The molecule has 3 amide bonds. The van der Waals surface area contributed by atoms with E-state index in [-0.39, 0.29) is 17.5 Å². The molecule has 0 aromatic carbocycles. The van der Waals surface area contributed by atoms with Crippen LogP contribution in [0, 0.1) is 5.92 Å². The summed E-state index contributed by atoms with van der Waals surface area (Å²) < 4.78 is 45.4. The number of hydrogen-bond acceptors (Lipinski definition) is 6. The van der Waals surface area contributed by atoms with Crippen LogP contribution in [0.25, 0.3) is 0 Å². The van der Waals surface area contributed by atoms with Gasteiger partial charge in [0.2, 0.25) is 5.88 Å². The van der Waals surface area contributed by atoms with Crippen LogP contribution in [0.1, 0.15) is 43.0 Å². The Hall–Kier alpha value is -2.85. The Morgan fingerprint density at radius 3 is 2.55 bits per heavy atom. The van der Waals surface area contributed by atoms with Gasteiger partial charge in [0, 0.05) is 18.3 Å². The van der Waals surface area contributed by atoms with E-state index in [2.05, 4.69) is 20.4 Å². The van der Waals surface area contributed by atoms with E-state index in [4.69, 9.17) is 4.74 Å². The van der Waals surface area contributed by atoms with Gasteiger partial charge in [-0.15, -0.1) is 0 Å². The highest BCUT2D eigenvalue weighted by Gasteiger charge is 2.28. The van der Waals surface area contributed by atoms with Crippen molar-refractivity contribution in [3.63, 3.8) is 0 Å². The fourth-order valence-corrected chi connectivity index (χ4v) is 2.85. The van der Waals surface area contributed by atoms with Gasteiger partial charge in [0.25, 0.3) is 5.91 Å². The number of pyridine rings is 1. The Kier molecular flexibility index (Phi) is 7.80. The first kappa shape index (κ1) is 22.4. The smallest absolute Gasteiger partial charge is 0.422 e. The molecule has 0 bridgehead atoms. The standard InChI is InChI=1S/C18H22F3N3O5/c1-11-4-2-3-5-13(11)23-17(27)24-14(25)9-28-16(26)12-6-7-15(22-8-12)29-10-18(19,20)21/h6-8,11,13H,2-5,9-10H2,1H3,(H2,23,24,25,27). The number of nitrogens with zero attached hydrogens (tertiary/aromatic N) is 1. The van der Waals surface area contributed by atoms with E-state index >= 15 is 0 Å². The van der Waals surface area contributed by atoms with Crippen LogP contribution in [0.5, 0.6) is 5.88 Å². The van der Waals surface area contributed by atoms with Crippen molar-refractivity contribution in [1.82, 2.24) is 15.6 Å². The van der Waals surface area contributed by atoms with Crippen molar-refractivity contribution in [2.75, 3.05) is 13.2 Å². The van der Waals surface area contributed by atoms with Crippen LogP contribution in [0.3, 0.4) is 0 Å². The number of aromatic nitrogens is 1. The summed E-state index contributed by atoms with van der Waals surface area (Å²) >= 11 is 0. The van der Waals surface area contributed by atoms with Crippen molar-refractivity contribution in [3.8, 4) is 5.88 Å². The molecule has 1 aliphatic rings. The molecule has 1 saturated carbocycles. The number of alkyl halides is 3. The van der Waals surface area contributed by atoms with Gasteiger partial charge >= 0.3 is 18.2 Å². The zero-order valence-corrected chi connectivity index (χ0v) is 15.8. The summed E-state index contributed by atoms with van der Waals surface area (Å²) in [6.07, 6.45) is 0.421. The van der Waals surface area contributed by atoms with Gasteiger partial charge in [-0.3, -0.25) is 10.1 Å². The molecule has 0 aliphatic heterocycles. The number of esters is 1. The number of halogens is 3. The van der Waals surface area contributed by atoms with Crippen molar-refractivity contribution in [2.45, 2.75) is 44.8 Å². The highest BCUT2D eigenvalue weighted by atomic mass is 19.4. The summed E-state index contributed by atoms with van der Waals surface area (Å²) in [7, 11) is 0. The van der Waals surface area contributed by atoms with Crippen molar-refractivity contribution in [2.24, 2.45) is 5.92 Å². The SMILES string of the molecule is CC1CCCCC1NC(=O)NC(=O)COC(=O)c1ccc(OCC(F)(F)F)nc1. The molecule has 1 aromatic heterocycles. The highest BCUT2D eigenvalue weighted by molar-refractivity contribution is 5.97. The molecule has 1 aliphatic carbocycles. The van der Waals surface area contributed by atoms with Crippen molar-refractivity contribution >= 4 is 17.9 Å². The van der Waals surface area contributed by atoms with Gasteiger partial charge in [-0.25, -0.2) is 14.6 Å². The van der Waals surface area contributed by atoms with Gasteiger partial charge < -0.3 is 14.8 Å². The molecule has 1 fully saturated rings. The first-order valence-corrected chi connectivity index (χ1v) is 9.07. The van der Waals surface area contributed by atoms with Gasteiger partial charge in [0.15, 0.2) is 13.2 Å². The molecule has 29 heavy (non-hydrogen) atoms. The minimum Gasteiger partial charge on any atom is -0.468 e. The number of carbonyl (C=O) groups excluding carboxylic acids is 3. The number of hydrogen-bond donors (Lipinski definition) is 2. The molecule has 2 unspecified atom stereocenters. The fourth-order valence-electron chi connectivity index (χ4n) is 2.85. The molecule has 0 spiro atoms. The minimum absolute atomic E-state index is 0.0109. The van der Waals surface area contributed by atoms with Crippen molar-refractivity contribution < 1.29 is 37.0 Å². The summed E-state index contributed by atoms with van der Waals surface area (Å²) in [6, 6.07) is 1.55. The van der Waals surface area contributed by atoms with E-state index in [0.717, 1.165) is 44.0 Å². The predicted molar refractivity (Wildman–Crippen MR) is 94.2 cm³/mol. The molecule has 0 saturated heterocycles. The molecule has 1 heterocycles. The number of rotatable bonds is 6. The van der Waals surface area contributed by atoms with Crippen LogP contribution < -0.4 is 15.4 Å². The summed E-state index contributed by atoms with van der Waals surface area (Å²) in [5, 5.41) is 4.82. The van der Waals surface area contributed by atoms with Gasteiger partial charge in [-0.1, -0.05) is 19.8 Å². The van der Waals surface area contributed by atoms with Crippen LogP contribution in [-0.4, -0.2) is 48.3 Å². The van der Waals surface area contributed by atoms with Gasteiger partial charge in [-0.2, -0.15) is 13.2 Å². The third-order valence-corrected chi connectivity index (χ3v) is 4.37. The Balaban J connectivity index is 1.73. The second-order valence-electron chi connectivity index (χ2n) is 6.75. The number of carbonyl (C=O) groups is 3. The second-order valence-corrected chi connectivity index (χ2v) is 6.75. The van der Waals surface area contributed by atoms with Crippen molar-refractivity contribution in [3.05, 3.63) is 23.9 Å². The molecule has 2 atom stereocenters. The van der Waals surface area contributed by atoms with Crippen LogP contribution in [0.2, 0.25) is 0 Å². The topological polar surface area (TPSA) is 107 Å². The normalized spacial score (nSPS) is 19.2. The molecule has 1 aromatic rings. The summed E-state index contributed by atoms with van der Waals surface area (Å²) in [5.41, 5.74) is -0.0855. The quantitative estimate of drug-likeness (QED) is 0.689. The first-order valence-electron chi connectivity index (χ1n) is 9.07. The monoisotopic (exact) mass is 417 g/mol. The molecule has 0 radical (unpaired) electrons. The van der Waals surface area contributed by atoms with Crippen LogP contribution in [0.4, 0.5) is 18.0 Å². The van der Waals surface area contributed by atoms with E-state index in [0.29, 0.717) is 5.92 Å². The average molecular weight is 417 g/mol. The molecule has 2 N–H and O–H groups in total. The minimum atomic E-state index is -4.51. The maximum absolute atomic E-state index is 12.1. The van der Waals surface area contributed by atoms with E-state index in [1.165, 1.54) is 0 Å². The lowest BCUT2D eigenvalue weighted by Crippen LogP contribution is -2.48. The van der Waals surface area contributed by atoms with Crippen LogP contribution in [-0.2, 0) is 9.53 Å². The third kappa shape index (κ3) is 7.96. The lowest BCUT2D eigenvalue weighted by Gasteiger charge is -2.29. The molecular weight excluding hydrogens is 395 g/mol. The average Bonchev–Trinajstić information content (AvgIpc) is 2.66. The number of imide groups is 1. The number of nitrogens with one attached hydrogen (secondary N) is 2. The van der Waals surface area contributed by atoms with Crippen LogP contribution in [0.15, 0.2) is 18.3 Å². The van der Waals surface area contributed by atoms with Crippen molar-refractivity contribution in [1.29, 1.82) is 0 Å². The zero-order valence-electron chi connectivity index (χ0n) is 15.8.